The Morgan fingerprint density at radius 1 is 0.957 bits per heavy atom. The zero-order chi connectivity index (χ0) is 16.8. The highest BCUT2D eigenvalue weighted by atomic mass is 16.7. The molecule has 0 unspecified atom stereocenters. The van der Waals surface area contributed by atoms with Crippen LogP contribution in [0.5, 0.6) is 0 Å². The second-order valence-electron chi connectivity index (χ2n) is 5.10. The first-order chi connectivity index (χ1) is 11.3. The summed E-state index contributed by atoms with van der Waals surface area (Å²) in [6.07, 6.45) is 4.62. The van der Waals surface area contributed by atoms with Crippen LogP contribution in [0, 0.1) is 0 Å². The smallest absolute Gasteiger partial charge is 0.180 e. The molecule has 0 aliphatic rings. The summed E-state index contributed by atoms with van der Waals surface area (Å²) in [5.74, 6) is 0. The van der Waals surface area contributed by atoms with Crippen molar-refractivity contribution in [1.82, 2.24) is 0 Å². The Hall–Kier alpha value is -1.20. The van der Waals surface area contributed by atoms with Crippen molar-refractivity contribution in [3.8, 4) is 0 Å². The summed E-state index contributed by atoms with van der Waals surface area (Å²) in [5.41, 5.74) is 1.17. The summed E-state index contributed by atoms with van der Waals surface area (Å²) < 4.78 is 22.7. The molecule has 0 aromatic heterocycles. The van der Waals surface area contributed by atoms with Gasteiger partial charge in [0.1, 0.15) is 0 Å². The Balaban J connectivity index is 2.38. The molecule has 0 heterocycles. The van der Waals surface area contributed by atoms with Crippen LogP contribution < -0.4 is 0 Å². The van der Waals surface area contributed by atoms with Crippen molar-refractivity contribution in [2.75, 3.05) is 26.4 Å². The Bertz CT molecular complexity index is 399. The van der Waals surface area contributed by atoms with Crippen LogP contribution in [0.4, 0.5) is 0 Å². The number of hydrogen-bond acceptors (Lipinski definition) is 4. The minimum absolute atomic E-state index is 0.00155. The van der Waals surface area contributed by atoms with Crippen LogP contribution in [0.1, 0.15) is 32.8 Å². The zero-order valence-electron chi connectivity index (χ0n) is 14.6. The van der Waals surface area contributed by atoms with E-state index in [-0.39, 0.29) is 12.4 Å². The van der Waals surface area contributed by atoms with Crippen LogP contribution in [0.2, 0.25) is 0 Å². The first kappa shape index (κ1) is 19.8. The van der Waals surface area contributed by atoms with Crippen LogP contribution in [0.15, 0.2) is 42.5 Å². The molecule has 0 aliphatic heterocycles. The lowest BCUT2D eigenvalue weighted by Gasteiger charge is -2.21. The zero-order valence-corrected chi connectivity index (χ0v) is 14.6. The van der Waals surface area contributed by atoms with Gasteiger partial charge in [0.05, 0.1) is 25.9 Å². The highest BCUT2D eigenvalue weighted by Crippen LogP contribution is 2.07. The lowest BCUT2D eigenvalue weighted by atomic mass is 10.2. The third-order valence-corrected chi connectivity index (χ3v) is 3.22. The van der Waals surface area contributed by atoms with Gasteiger partial charge in [-0.3, -0.25) is 0 Å². The quantitative estimate of drug-likeness (QED) is 0.407. The van der Waals surface area contributed by atoms with E-state index in [4.69, 9.17) is 18.9 Å². The molecule has 0 radical (unpaired) electrons. The molecule has 23 heavy (non-hydrogen) atoms. The van der Waals surface area contributed by atoms with E-state index in [0.29, 0.717) is 33.0 Å². The summed E-state index contributed by atoms with van der Waals surface area (Å²) in [4.78, 5) is 0. The fourth-order valence-corrected chi connectivity index (χ4v) is 2.09. The molecular weight excluding hydrogens is 292 g/mol. The Kier molecular flexibility index (Phi) is 11.4. The van der Waals surface area contributed by atoms with E-state index in [1.807, 2.05) is 45.0 Å². The van der Waals surface area contributed by atoms with E-state index in [1.165, 1.54) is 5.56 Å². The fraction of sp³-hybridized carbons (Fsp3) is 0.579. The van der Waals surface area contributed by atoms with Crippen LogP contribution >= 0.6 is 0 Å². The number of hydrogen-bond donors (Lipinski definition) is 0. The highest BCUT2D eigenvalue weighted by molar-refractivity contribution is 5.13. The molecule has 1 aromatic rings. The summed E-state index contributed by atoms with van der Waals surface area (Å²) in [5, 5.41) is 0. The first-order valence-corrected chi connectivity index (χ1v) is 8.37. The molecule has 0 saturated carbocycles. The third kappa shape index (κ3) is 9.51. The van der Waals surface area contributed by atoms with E-state index in [9.17, 15) is 0 Å². The maximum absolute atomic E-state index is 5.92. The molecule has 1 rings (SSSR count). The number of ether oxygens (including phenoxy) is 4. The molecule has 1 atom stereocenters. The summed E-state index contributed by atoms with van der Waals surface area (Å²) in [6, 6.07) is 10.1. The van der Waals surface area contributed by atoms with Gasteiger partial charge in [-0.2, -0.15) is 0 Å². The van der Waals surface area contributed by atoms with Crippen molar-refractivity contribution < 1.29 is 18.9 Å². The Morgan fingerprint density at radius 2 is 1.65 bits per heavy atom. The predicted molar refractivity (Wildman–Crippen MR) is 92.3 cm³/mol. The standard InChI is InChI=1S/C19H30O4/c1-4-7-13-18(23-16-19(21-5-2)22-6-3)15-20-14-17-11-9-8-10-12-17/h4,7-12,18-19H,5-6,13-16H2,1-3H3/t18-/m0/s1. The molecule has 4 nitrogen and oxygen atoms in total. The average Bonchev–Trinajstić information content (AvgIpc) is 2.58. The van der Waals surface area contributed by atoms with Crippen molar-refractivity contribution in [2.45, 2.75) is 46.2 Å². The maximum Gasteiger partial charge on any atom is 0.180 e. The lowest BCUT2D eigenvalue weighted by Crippen LogP contribution is -2.29. The van der Waals surface area contributed by atoms with E-state index in [1.54, 1.807) is 0 Å². The van der Waals surface area contributed by atoms with Gasteiger partial charge in [0, 0.05) is 13.2 Å². The Morgan fingerprint density at radius 3 is 2.26 bits per heavy atom. The Labute approximate surface area is 140 Å². The summed E-state index contributed by atoms with van der Waals surface area (Å²) in [6.45, 7) is 8.68. The van der Waals surface area contributed by atoms with Gasteiger partial charge in [0.15, 0.2) is 6.29 Å². The van der Waals surface area contributed by atoms with Gasteiger partial charge in [0.2, 0.25) is 0 Å². The van der Waals surface area contributed by atoms with Gasteiger partial charge >= 0.3 is 0 Å². The molecule has 1 aromatic carbocycles. The van der Waals surface area contributed by atoms with Crippen molar-refractivity contribution >= 4 is 0 Å². The van der Waals surface area contributed by atoms with Gasteiger partial charge in [-0.1, -0.05) is 42.5 Å². The second kappa shape index (κ2) is 13.3. The maximum atomic E-state index is 5.92. The minimum Gasteiger partial charge on any atom is -0.374 e. The average molecular weight is 322 g/mol. The molecule has 0 N–H and O–H groups in total. The molecule has 0 amide bonds. The topological polar surface area (TPSA) is 36.9 Å². The lowest BCUT2D eigenvalue weighted by molar-refractivity contribution is -0.180. The first-order valence-electron chi connectivity index (χ1n) is 8.37. The van der Waals surface area contributed by atoms with E-state index >= 15 is 0 Å². The largest absolute Gasteiger partial charge is 0.374 e. The molecule has 130 valence electrons. The van der Waals surface area contributed by atoms with Crippen molar-refractivity contribution in [3.63, 3.8) is 0 Å². The number of benzene rings is 1. The normalized spacial score (nSPS) is 13.0. The highest BCUT2D eigenvalue weighted by Gasteiger charge is 2.14. The van der Waals surface area contributed by atoms with E-state index < -0.39 is 0 Å². The van der Waals surface area contributed by atoms with Gasteiger partial charge in [-0.15, -0.1) is 0 Å². The SMILES string of the molecule is CC=CC[C@@H](COCc1ccccc1)OCC(OCC)OCC. The molecule has 0 fully saturated rings. The van der Waals surface area contributed by atoms with Gasteiger partial charge in [-0.25, -0.2) is 0 Å². The van der Waals surface area contributed by atoms with E-state index in [0.717, 1.165) is 6.42 Å². The molecule has 4 heteroatoms. The van der Waals surface area contributed by atoms with Crippen molar-refractivity contribution in [2.24, 2.45) is 0 Å². The van der Waals surface area contributed by atoms with Crippen molar-refractivity contribution in [1.29, 1.82) is 0 Å². The molecule has 0 bridgehead atoms. The van der Waals surface area contributed by atoms with Crippen molar-refractivity contribution in [3.05, 3.63) is 48.0 Å². The molecular formula is C19H30O4. The number of rotatable bonds is 13. The fourth-order valence-electron chi connectivity index (χ4n) is 2.09. The number of allylic oxidation sites excluding steroid dienone is 1. The monoisotopic (exact) mass is 322 g/mol. The summed E-state index contributed by atoms with van der Waals surface area (Å²) >= 11 is 0. The second-order valence-corrected chi connectivity index (χ2v) is 5.10. The van der Waals surface area contributed by atoms with Gasteiger partial charge in [0.25, 0.3) is 0 Å². The van der Waals surface area contributed by atoms with Crippen LogP contribution in [0.25, 0.3) is 0 Å². The van der Waals surface area contributed by atoms with Gasteiger partial charge in [-0.05, 0) is 32.8 Å². The molecule has 0 saturated heterocycles. The molecule has 0 spiro atoms. The van der Waals surface area contributed by atoms with Gasteiger partial charge < -0.3 is 18.9 Å². The van der Waals surface area contributed by atoms with E-state index in [2.05, 4.69) is 18.2 Å². The predicted octanol–water partition coefficient (Wildman–Crippen LogP) is 3.95. The minimum atomic E-state index is -0.313. The van der Waals surface area contributed by atoms with Crippen LogP contribution in [0.3, 0.4) is 0 Å². The molecule has 0 aliphatic carbocycles. The van der Waals surface area contributed by atoms with Crippen LogP contribution in [-0.2, 0) is 25.6 Å². The summed E-state index contributed by atoms with van der Waals surface area (Å²) in [7, 11) is 0. The van der Waals surface area contributed by atoms with Crippen LogP contribution in [-0.4, -0.2) is 38.8 Å². The third-order valence-electron chi connectivity index (χ3n) is 3.22.